The molecule has 2 heterocycles. The molecule has 1 saturated carbocycles. The lowest BCUT2D eigenvalue weighted by Gasteiger charge is -2.25. The van der Waals surface area contributed by atoms with E-state index in [-0.39, 0.29) is 17.9 Å². The molecule has 0 bridgehead atoms. The third kappa shape index (κ3) is 3.90. The van der Waals surface area contributed by atoms with E-state index < -0.39 is 0 Å². The third-order valence-corrected chi connectivity index (χ3v) is 7.29. The molecule has 0 unspecified atom stereocenters. The molecule has 1 aromatic heterocycles. The molecule has 2 aromatic rings. The second-order valence-corrected chi connectivity index (χ2v) is 9.01. The Hall–Kier alpha value is -1.85. The summed E-state index contributed by atoms with van der Waals surface area (Å²) in [5.41, 5.74) is 1.77. The highest BCUT2D eigenvalue weighted by Crippen LogP contribution is 2.41. The van der Waals surface area contributed by atoms with Crippen molar-refractivity contribution in [2.45, 2.75) is 50.3 Å². The molecule has 2 amide bonds. The summed E-state index contributed by atoms with van der Waals surface area (Å²) in [5, 5.41) is 1.97. The Morgan fingerprint density at radius 2 is 1.67 bits per heavy atom. The van der Waals surface area contributed by atoms with Crippen molar-refractivity contribution in [3.05, 3.63) is 63.2 Å². The molecule has 4 rings (SSSR count). The van der Waals surface area contributed by atoms with Gasteiger partial charge >= 0.3 is 0 Å². The molecule has 1 fully saturated rings. The second-order valence-electron chi connectivity index (χ2n) is 7.08. The Morgan fingerprint density at radius 1 is 0.926 bits per heavy atom. The van der Waals surface area contributed by atoms with Crippen molar-refractivity contribution in [3.8, 4) is 0 Å². The zero-order chi connectivity index (χ0) is 18.6. The zero-order valence-electron chi connectivity index (χ0n) is 15.2. The molecule has 3 nitrogen and oxygen atoms in total. The van der Waals surface area contributed by atoms with Gasteiger partial charge in [-0.05, 0) is 29.9 Å². The van der Waals surface area contributed by atoms with Crippen LogP contribution in [-0.2, 0) is 15.3 Å². The van der Waals surface area contributed by atoms with Crippen molar-refractivity contribution < 1.29 is 9.59 Å². The van der Waals surface area contributed by atoms with Crippen molar-refractivity contribution >= 4 is 40.5 Å². The second kappa shape index (κ2) is 8.44. The van der Waals surface area contributed by atoms with E-state index in [0.717, 1.165) is 36.1 Å². The quantitative estimate of drug-likeness (QED) is 0.495. The Balaban J connectivity index is 1.63. The predicted octanol–water partition coefficient (Wildman–Crippen LogP) is 5.48. The van der Waals surface area contributed by atoms with Gasteiger partial charge < -0.3 is 0 Å². The van der Waals surface area contributed by atoms with Crippen LogP contribution in [-0.4, -0.2) is 22.8 Å². The summed E-state index contributed by atoms with van der Waals surface area (Å²) < 4.78 is 0. The smallest absolute Gasteiger partial charge is 0.268 e. The number of rotatable bonds is 5. The third-order valence-electron chi connectivity index (χ3n) is 5.26. The van der Waals surface area contributed by atoms with Crippen molar-refractivity contribution in [2.75, 3.05) is 0 Å². The number of imide groups is 1. The number of hydrogen-bond acceptors (Lipinski definition) is 4. The van der Waals surface area contributed by atoms with Gasteiger partial charge in [0.05, 0.1) is 10.5 Å². The van der Waals surface area contributed by atoms with Crippen molar-refractivity contribution in [1.29, 1.82) is 0 Å². The largest absolute Gasteiger partial charge is 0.271 e. The minimum atomic E-state index is -0.0927. The summed E-state index contributed by atoms with van der Waals surface area (Å²) >= 11 is 3.04. The predicted molar refractivity (Wildman–Crippen MR) is 112 cm³/mol. The van der Waals surface area contributed by atoms with Gasteiger partial charge in [0.1, 0.15) is 0 Å². The molecule has 0 atom stereocenters. The lowest BCUT2D eigenvalue weighted by molar-refractivity contribution is -0.139. The molecule has 1 aliphatic carbocycles. The number of thiophene rings is 1. The van der Waals surface area contributed by atoms with E-state index in [9.17, 15) is 9.59 Å². The molecular formula is C22H23NO2S2. The fourth-order valence-corrected chi connectivity index (χ4v) is 5.78. The van der Waals surface area contributed by atoms with Crippen LogP contribution in [0, 0.1) is 0 Å². The maximum Gasteiger partial charge on any atom is 0.268 e. The van der Waals surface area contributed by atoms with Crippen molar-refractivity contribution in [2.24, 2.45) is 0 Å². The van der Waals surface area contributed by atoms with Gasteiger partial charge in [-0.1, -0.05) is 62.1 Å². The summed E-state index contributed by atoms with van der Waals surface area (Å²) in [6.45, 7) is 0. The summed E-state index contributed by atoms with van der Waals surface area (Å²) in [4.78, 5) is 29.7. The van der Waals surface area contributed by atoms with Crippen LogP contribution in [0.1, 0.15) is 49.0 Å². The van der Waals surface area contributed by atoms with Crippen LogP contribution in [0.3, 0.4) is 0 Å². The lowest BCUT2D eigenvalue weighted by Crippen LogP contribution is -2.40. The summed E-state index contributed by atoms with van der Waals surface area (Å²) in [6.07, 6.45) is 6.48. The van der Waals surface area contributed by atoms with Crippen molar-refractivity contribution in [3.63, 3.8) is 0 Å². The summed E-state index contributed by atoms with van der Waals surface area (Å²) in [5.74, 6) is 0.518. The van der Waals surface area contributed by atoms with Crippen LogP contribution in [0.25, 0.3) is 5.57 Å². The first-order valence-electron chi connectivity index (χ1n) is 9.58. The molecule has 0 spiro atoms. The highest BCUT2D eigenvalue weighted by atomic mass is 32.2. The van der Waals surface area contributed by atoms with E-state index in [2.05, 4.69) is 12.1 Å². The summed E-state index contributed by atoms with van der Waals surface area (Å²) in [6, 6.07) is 14.1. The van der Waals surface area contributed by atoms with Crippen LogP contribution in [0.2, 0.25) is 0 Å². The molecule has 2 aliphatic rings. The molecule has 0 N–H and O–H groups in total. The van der Waals surface area contributed by atoms with Crippen LogP contribution < -0.4 is 0 Å². The van der Waals surface area contributed by atoms with E-state index in [1.807, 2.05) is 35.7 Å². The van der Waals surface area contributed by atoms with Crippen LogP contribution in [0.5, 0.6) is 0 Å². The first kappa shape index (κ1) is 18.5. The molecule has 1 aromatic carbocycles. The molecule has 1 aliphatic heterocycles. The van der Waals surface area contributed by atoms with Crippen LogP contribution in [0.15, 0.2) is 52.7 Å². The number of benzene rings is 1. The number of thioether (sulfide) groups is 1. The topological polar surface area (TPSA) is 37.4 Å². The van der Waals surface area contributed by atoms with Gasteiger partial charge in [0.25, 0.3) is 11.8 Å². The number of hydrogen-bond donors (Lipinski definition) is 0. The normalized spacial score (nSPS) is 19.0. The average Bonchev–Trinajstić information content (AvgIpc) is 3.19. The van der Waals surface area contributed by atoms with E-state index in [1.54, 1.807) is 4.90 Å². The molecule has 0 saturated heterocycles. The molecule has 0 radical (unpaired) electrons. The van der Waals surface area contributed by atoms with E-state index in [4.69, 9.17) is 0 Å². The van der Waals surface area contributed by atoms with Crippen molar-refractivity contribution in [1.82, 2.24) is 4.90 Å². The zero-order valence-corrected chi connectivity index (χ0v) is 16.9. The monoisotopic (exact) mass is 397 g/mol. The summed E-state index contributed by atoms with van der Waals surface area (Å²) in [7, 11) is 0. The maximum absolute atomic E-state index is 13.3. The van der Waals surface area contributed by atoms with E-state index in [1.165, 1.54) is 35.9 Å². The Kier molecular flexibility index (Phi) is 5.79. The van der Waals surface area contributed by atoms with Crippen LogP contribution >= 0.6 is 23.1 Å². The maximum atomic E-state index is 13.3. The first-order chi connectivity index (χ1) is 13.3. The number of carbonyl (C=O) groups excluding carboxylic acids is 2. The number of nitrogens with zero attached hydrogens (tertiary/aromatic N) is 1. The van der Waals surface area contributed by atoms with Gasteiger partial charge in [0, 0.05) is 16.7 Å². The minimum Gasteiger partial charge on any atom is -0.271 e. The number of carbonyl (C=O) groups is 2. The fourth-order valence-electron chi connectivity index (χ4n) is 3.88. The van der Waals surface area contributed by atoms with Gasteiger partial charge in [-0.3, -0.25) is 14.5 Å². The highest BCUT2D eigenvalue weighted by Gasteiger charge is 2.43. The Morgan fingerprint density at radius 3 is 2.33 bits per heavy atom. The van der Waals surface area contributed by atoms with Gasteiger partial charge in [-0.15, -0.1) is 23.1 Å². The Labute approximate surface area is 168 Å². The molecule has 5 heteroatoms. The van der Waals surface area contributed by atoms with Gasteiger partial charge in [-0.2, -0.15) is 0 Å². The fraction of sp³-hybridized carbons (Fsp3) is 0.364. The standard InChI is InChI=1S/C22H23NO2S2/c24-21-19(18-13-8-14-26-18)20(27-15-16-9-4-3-5-10-16)22(25)23(21)17-11-6-1-2-7-12-17/h3-5,8-10,13-14,17H,1-2,6-7,11-12,15H2. The minimum absolute atomic E-state index is 0.0530. The first-order valence-corrected chi connectivity index (χ1v) is 11.4. The van der Waals surface area contributed by atoms with Gasteiger partial charge in [0.15, 0.2) is 0 Å². The van der Waals surface area contributed by atoms with E-state index >= 15 is 0 Å². The van der Waals surface area contributed by atoms with Gasteiger partial charge in [0.2, 0.25) is 0 Å². The SMILES string of the molecule is O=C1C(SCc2ccccc2)=C(c2cccs2)C(=O)N1C1CCCCCC1. The molecule has 27 heavy (non-hydrogen) atoms. The Bertz CT molecular complexity index is 834. The molecule has 140 valence electrons. The van der Waals surface area contributed by atoms with Crippen LogP contribution in [0.4, 0.5) is 0 Å². The lowest BCUT2D eigenvalue weighted by atomic mass is 10.1. The number of amides is 2. The van der Waals surface area contributed by atoms with E-state index in [0.29, 0.717) is 16.2 Å². The van der Waals surface area contributed by atoms with Gasteiger partial charge in [-0.25, -0.2) is 0 Å². The molecular weight excluding hydrogens is 374 g/mol. The highest BCUT2D eigenvalue weighted by molar-refractivity contribution is 8.03. The average molecular weight is 398 g/mol.